The third kappa shape index (κ3) is 1.99. The predicted octanol–water partition coefficient (Wildman–Crippen LogP) is 2.40. The van der Waals surface area contributed by atoms with E-state index in [-0.39, 0.29) is 5.41 Å². The third-order valence-electron chi connectivity index (χ3n) is 1.48. The van der Waals surface area contributed by atoms with Gasteiger partial charge in [0.05, 0.1) is 11.4 Å². The van der Waals surface area contributed by atoms with E-state index >= 15 is 0 Å². The quantitative estimate of drug-likeness (QED) is 0.657. The molecule has 0 bridgehead atoms. The first-order valence-electron chi connectivity index (χ1n) is 3.61. The molecule has 0 spiro atoms. The normalized spacial score (nSPS) is 12.0. The standard InChI is InChI=1S/C8H13NOS/c1-8(2,3)7-4-6(5-11)10-9-7/h4,11H,5H2,1-3H3. The molecule has 0 amide bonds. The van der Waals surface area contributed by atoms with E-state index < -0.39 is 0 Å². The Morgan fingerprint density at radius 3 is 2.45 bits per heavy atom. The van der Waals surface area contributed by atoms with Crippen molar-refractivity contribution in [3.63, 3.8) is 0 Å². The molecule has 0 N–H and O–H groups in total. The van der Waals surface area contributed by atoms with Crippen molar-refractivity contribution in [3.8, 4) is 0 Å². The Morgan fingerprint density at radius 2 is 2.18 bits per heavy atom. The topological polar surface area (TPSA) is 26.0 Å². The molecule has 0 aliphatic heterocycles. The van der Waals surface area contributed by atoms with E-state index in [2.05, 4.69) is 38.6 Å². The lowest BCUT2D eigenvalue weighted by Gasteiger charge is -2.12. The summed E-state index contributed by atoms with van der Waals surface area (Å²) in [7, 11) is 0. The second-order valence-corrected chi connectivity index (χ2v) is 3.90. The number of nitrogens with zero attached hydrogens (tertiary/aromatic N) is 1. The van der Waals surface area contributed by atoms with Gasteiger partial charge >= 0.3 is 0 Å². The Hall–Kier alpha value is -0.440. The second kappa shape index (κ2) is 2.89. The van der Waals surface area contributed by atoms with Crippen LogP contribution < -0.4 is 0 Å². The SMILES string of the molecule is CC(C)(C)c1cc(CS)on1. The van der Waals surface area contributed by atoms with Gasteiger partial charge in [-0.15, -0.1) is 0 Å². The van der Waals surface area contributed by atoms with Crippen LogP contribution in [0.4, 0.5) is 0 Å². The average molecular weight is 171 g/mol. The summed E-state index contributed by atoms with van der Waals surface area (Å²) in [6, 6.07) is 1.95. The maximum absolute atomic E-state index is 5.01. The molecule has 0 atom stereocenters. The fourth-order valence-electron chi connectivity index (χ4n) is 0.741. The number of rotatable bonds is 1. The lowest BCUT2D eigenvalue weighted by atomic mass is 9.92. The van der Waals surface area contributed by atoms with E-state index in [1.165, 1.54) is 0 Å². The van der Waals surface area contributed by atoms with Crippen LogP contribution in [0, 0.1) is 0 Å². The largest absolute Gasteiger partial charge is 0.360 e. The van der Waals surface area contributed by atoms with Crippen molar-refractivity contribution in [3.05, 3.63) is 17.5 Å². The van der Waals surface area contributed by atoms with Gasteiger partial charge in [-0.1, -0.05) is 25.9 Å². The van der Waals surface area contributed by atoms with Crippen molar-refractivity contribution in [2.45, 2.75) is 31.9 Å². The summed E-state index contributed by atoms with van der Waals surface area (Å²) in [5.74, 6) is 1.45. The number of thiol groups is 1. The van der Waals surface area contributed by atoms with Gasteiger partial charge in [0.25, 0.3) is 0 Å². The van der Waals surface area contributed by atoms with E-state index in [1.807, 2.05) is 6.07 Å². The minimum absolute atomic E-state index is 0.0741. The van der Waals surface area contributed by atoms with Crippen LogP contribution in [0.3, 0.4) is 0 Å². The van der Waals surface area contributed by atoms with Crippen molar-refractivity contribution < 1.29 is 4.52 Å². The molecule has 11 heavy (non-hydrogen) atoms. The minimum Gasteiger partial charge on any atom is -0.360 e. The lowest BCUT2D eigenvalue weighted by molar-refractivity contribution is 0.374. The highest BCUT2D eigenvalue weighted by molar-refractivity contribution is 7.79. The summed E-state index contributed by atoms with van der Waals surface area (Å²) in [5, 5.41) is 3.93. The van der Waals surface area contributed by atoms with Gasteiger partial charge in [0.1, 0.15) is 5.76 Å². The molecule has 3 heteroatoms. The zero-order valence-electron chi connectivity index (χ0n) is 7.09. The summed E-state index contributed by atoms with van der Waals surface area (Å²) >= 11 is 4.09. The molecule has 0 saturated carbocycles. The van der Waals surface area contributed by atoms with Gasteiger partial charge < -0.3 is 4.52 Å². The fourth-order valence-corrected chi connectivity index (χ4v) is 0.890. The molecule has 2 nitrogen and oxygen atoms in total. The molecule has 0 aromatic carbocycles. The molecule has 1 rings (SSSR count). The van der Waals surface area contributed by atoms with Crippen LogP contribution in [0.15, 0.2) is 10.6 Å². The zero-order valence-corrected chi connectivity index (χ0v) is 7.98. The highest BCUT2D eigenvalue weighted by Gasteiger charge is 2.18. The van der Waals surface area contributed by atoms with Crippen LogP contribution in [0.2, 0.25) is 0 Å². The van der Waals surface area contributed by atoms with Gasteiger partial charge in [0, 0.05) is 11.5 Å². The van der Waals surface area contributed by atoms with Gasteiger partial charge in [0.15, 0.2) is 0 Å². The molecule has 1 heterocycles. The third-order valence-corrected chi connectivity index (χ3v) is 1.79. The molecule has 0 fully saturated rings. The summed E-state index contributed by atoms with van der Waals surface area (Å²) in [6.07, 6.45) is 0. The summed E-state index contributed by atoms with van der Waals surface area (Å²) in [4.78, 5) is 0. The van der Waals surface area contributed by atoms with E-state index in [1.54, 1.807) is 0 Å². The minimum atomic E-state index is 0.0741. The molecule has 0 saturated heterocycles. The fraction of sp³-hybridized carbons (Fsp3) is 0.625. The first kappa shape index (κ1) is 8.65. The van der Waals surface area contributed by atoms with Crippen molar-refractivity contribution in [1.82, 2.24) is 5.16 Å². The first-order chi connectivity index (χ1) is 5.04. The van der Waals surface area contributed by atoms with Crippen molar-refractivity contribution >= 4 is 12.6 Å². The van der Waals surface area contributed by atoms with Gasteiger partial charge in [-0.3, -0.25) is 0 Å². The average Bonchev–Trinajstić information content (AvgIpc) is 2.32. The van der Waals surface area contributed by atoms with Gasteiger partial charge in [0.2, 0.25) is 0 Å². The molecule has 62 valence electrons. The Morgan fingerprint density at radius 1 is 1.55 bits per heavy atom. The molecule has 0 unspecified atom stereocenters. The molecule has 1 aromatic heterocycles. The summed E-state index contributed by atoms with van der Waals surface area (Å²) in [6.45, 7) is 6.31. The molecule has 1 aromatic rings. The highest BCUT2D eigenvalue weighted by atomic mass is 32.1. The van der Waals surface area contributed by atoms with Crippen molar-refractivity contribution in [1.29, 1.82) is 0 Å². The Labute approximate surface area is 72.4 Å². The molecule has 0 aliphatic carbocycles. The molecule has 0 aliphatic rings. The van der Waals surface area contributed by atoms with Crippen LogP contribution in [0.1, 0.15) is 32.2 Å². The number of aromatic nitrogens is 1. The maximum Gasteiger partial charge on any atom is 0.146 e. The van der Waals surface area contributed by atoms with Gasteiger partial charge in [-0.05, 0) is 0 Å². The Balaban J connectivity index is 2.89. The number of hydrogen-bond acceptors (Lipinski definition) is 3. The smallest absolute Gasteiger partial charge is 0.146 e. The Kier molecular flexibility index (Phi) is 2.28. The molecular weight excluding hydrogens is 158 g/mol. The van der Waals surface area contributed by atoms with Crippen LogP contribution in [0.25, 0.3) is 0 Å². The van der Waals surface area contributed by atoms with E-state index in [4.69, 9.17) is 4.52 Å². The predicted molar refractivity (Wildman–Crippen MR) is 47.9 cm³/mol. The zero-order chi connectivity index (χ0) is 8.48. The first-order valence-corrected chi connectivity index (χ1v) is 4.24. The van der Waals surface area contributed by atoms with Gasteiger partial charge in [-0.25, -0.2) is 0 Å². The van der Waals surface area contributed by atoms with Crippen LogP contribution in [-0.2, 0) is 11.2 Å². The van der Waals surface area contributed by atoms with Crippen molar-refractivity contribution in [2.24, 2.45) is 0 Å². The summed E-state index contributed by atoms with van der Waals surface area (Å²) in [5.41, 5.74) is 1.06. The van der Waals surface area contributed by atoms with E-state index in [0.717, 1.165) is 11.5 Å². The van der Waals surface area contributed by atoms with Gasteiger partial charge in [-0.2, -0.15) is 12.6 Å². The highest BCUT2D eigenvalue weighted by Crippen LogP contribution is 2.21. The summed E-state index contributed by atoms with van der Waals surface area (Å²) < 4.78 is 5.01. The van der Waals surface area contributed by atoms with Crippen LogP contribution >= 0.6 is 12.6 Å². The second-order valence-electron chi connectivity index (χ2n) is 3.59. The Bertz CT molecular complexity index is 236. The van der Waals surface area contributed by atoms with Crippen LogP contribution in [0.5, 0.6) is 0 Å². The molecular formula is C8H13NOS. The molecule has 0 radical (unpaired) electrons. The van der Waals surface area contributed by atoms with Crippen LogP contribution in [-0.4, -0.2) is 5.16 Å². The lowest BCUT2D eigenvalue weighted by Crippen LogP contribution is -2.10. The number of hydrogen-bond donors (Lipinski definition) is 1. The van der Waals surface area contributed by atoms with E-state index in [9.17, 15) is 0 Å². The van der Waals surface area contributed by atoms with E-state index in [0.29, 0.717) is 5.75 Å². The maximum atomic E-state index is 5.01. The monoisotopic (exact) mass is 171 g/mol. The van der Waals surface area contributed by atoms with Crippen molar-refractivity contribution in [2.75, 3.05) is 0 Å².